The predicted molar refractivity (Wildman–Crippen MR) is 75.7 cm³/mol. The first-order chi connectivity index (χ1) is 8.93. The molecule has 1 aromatic rings. The molecule has 0 fully saturated rings. The lowest BCUT2D eigenvalue weighted by atomic mass is 10.2. The third-order valence-corrected chi connectivity index (χ3v) is 3.10. The maximum Gasteiger partial charge on any atom is 0.254 e. The first kappa shape index (κ1) is 15.6. The minimum absolute atomic E-state index is 0.100. The van der Waals surface area contributed by atoms with Crippen molar-refractivity contribution in [3.05, 3.63) is 35.6 Å². The molecule has 0 unspecified atom stereocenters. The topological polar surface area (TPSA) is 32.3 Å². The van der Waals surface area contributed by atoms with Crippen molar-refractivity contribution in [3.63, 3.8) is 0 Å². The number of nitrogens with one attached hydrogen (secondary N) is 1. The van der Waals surface area contributed by atoms with Gasteiger partial charge in [0.05, 0.1) is 5.56 Å². The molecule has 0 aliphatic heterocycles. The third kappa shape index (κ3) is 4.63. The number of nitrogens with zero attached hydrogens (tertiary/aromatic N) is 1. The van der Waals surface area contributed by atoms with Gasteiger partial charge in [-0.25, -0.2) is 4.39 Å². The van der Waals surface area contributed by atoms with Crippen LogP contribution in [0.1, 0.15) is 38.1 Å². The number of rotatable bonds is 6. The molecule has 0 spiro atoms. The van der Waals surface area contributed by atoms with Crippen LogP contribution in [0.3, 0.4) is 0 Å². The van der Waals surface area contributed by atoms with Gasteiger partial charge >= 0.3 is 0 Å². The Labute approximate surface area is 114 Å². The Morgan fingerprint density at radius 2 is 1.79 bits per heavy atom. The van der Waals surface area contributed by atoms with Crippen molar-refractivity contribution in [1.82, 2.24) is 10.2 Å². The van der Waals surface area contributed by atoms with Gasteiger partial charge in [0.2, 0.25) is 0 Å². The fraction of sp³-hybridized carbons (Fsp3) is 0.533. The van der Waals surface area contributed by atoms with Crippen LogP contribution in [0.25, 0.3) is 0 Å². The molecule has 0 bridgehead atoms. The molecular formula is C15H23FN2O. The van der Waals surface area contributed by atoms with E-state index in [2.05, 4.69) is 37.9 Å². The highest BCUT2D eigenvalue weighted by atomic mass is 19.1. The molecule has 1 amide bonds. The molecule has 1 rings (SSSR count). The molecule has 0 atom stereocenters. The van der Waals surface area contributed by atoms with Gasteiger partial charge in [-0.05, 0) is 39.8 Å². The lowest BCUT2D eigenvalue weighted by Crippen LogP contribution is -2.42. The molecule has 4 heteroatoms. The van der Waals surface area contributed by atoms with Crippen molar-refractivity contribution >= 4 is 5.91 Å². The van der Waals surface area contributed by atoms with Crippen LogP contribution in [0.4, 0.5) is 4.39 Å². The van der Waals surface area contributed by atoms with Gasteiger partial charge in [-0.2, -0.15) is 0 Å². The van der Waals surface area contributed by atoms with Crippen LogP contribution < -0.4 is 5.32 Å². The quantitative estimate of drug-likeness (QED) is 0.858. The van der Waals surface area contributed by atoms with Crippen molar-refractivity contribution in [3.8, 4) is 0 Å². The highest BCUT2D eigenvalue weighted by Gasteiger charge is 2.14. The Morgan fingerprint density at radius 3 is 2.32 bits per heavy atom. The fourth-order valence-electron chi connectivity index (χ4n) is 2.15. The largest absolute Gasteiger partial charge is 0.351 e. The van der Waals surface area contributed by atoms with E-state index in [-0.39, 0.29) is 11.5 Å². The van der Waals surface area contributed by atoms with E-state index in [0.717, 1.165) is 6.54 Å². The number of benzene rings is 1. The average Bonchev–Trinajstić information content (AvgIpc) is 2.33. The van der Waals surface area contributed by atoms with Crippen LogP contribution in [0.15, 0.2) is 24.3 Å². The molecule has 0 saturated carbocycles. The minimum atomic E-state index is -0.482. The van der Waals surface area contributed by atoms with Gasteiger partial charge in [0.1, 0.15) is 5.82 Å². The van der Waals surface area contributed by atoms with Gasteiger partial charge in [-0.15, -0.1) is 0 Å². The molecule has 0 aliphatic rings. The van der Waals surface area contributed by atoms with Gasteiger partial charge in [0, 0.05) is 25.2 Å². The highest BCUT2D eigenvalue weighted by molar-refractivity contribution is 5.94. The SMILES string of the molecule is CC(C)N(CCNC(=O)c1ccccc1F)C(C)C. The van der Waals surface area contributed by atoms with E-state index >= 15 is 0 Å². The summed E-state index contributed by atoms with van der Waals surface area (Å²) in [6.07, 6.45) is 0. The second kappa shape index (κ2) is 7.24. The lowest BCUT2D eigenvalue weighted by Gasteiger charge is -2.30. The van der Waals surface area contributed by atoms with Crippen LogP contribution in [0.2, 0.25) is 0 Å². The van der Waals surface area contributed by atoms with Gasteiger partial charge < -0.3 is 5.32 Å². The summed E-state index contributed by atoms with van der Waals surface area (Å²) in [6.45, 7) is 9.77. The first-order valence-electron chi connectivity index (χ1n) is 6.72. The van der Waals surface area contributed by atoms with Gasteiger partial charge in [-0.1, -0.05) is 12.1 Å². The molecule has 0 aliphatic carbocycles. The van der Waals surface area contributed by atoms with E-state index in [0.29, 0.717) is 18.6 Å². The standard InChI is InChI=1S/C15H23FN2O/c1-11(2)18(12(3)4)10-9-17-15(19)13-7-5-6-8-14(13)16/h5-8,11-12H,9-10H2,1-4H3,(H,17,19). The lowest BCUT2D eigenvalue weighted by molar-refractivity contribution is 0.0935. The highest BCUT2D eigenvalue weighted by Crippen LogP contribution is 2.06. The Morgan fingerprint density at radius 1 is 1.21 bits per heavy atom. The van der Waals surface area contributed by atoms with E-state index in [9.17, 15) is 9.18 Å². The number of carbonyl (C=O) groups is 1. The zero-order valence-electron chi connectivity index (χ0n) is 12.1. The van der Waals surface area contributed by atoms with Gasteiger partial charge in [0.15, 0.2) is 0 Å². The summed E-state index contributed by atoms with van der Waals surface area (Å²) in [5, 5.41) is 2.76. The summed E-state index contributed by atoms with van der Waals surface area (Å²) in [5.74, 6) is -0.838. The molecule has 19 heavy (non-hydrogen) atoms. The van der Waals surface area contributed by atoms with Crippen LogP contribution in [-0.2, 0) is 0 Å². The van der Waals surface area contributed by atoms with Crippen LogP contribution >= 0.6 is 0 Å². The second-order valence-corrected chi connectivity index (χ2v) is 5.16. The van der Waals surface area contributed by atoms with Crippen LogP contribution in [0, 0.1) is 5.82 Å². The van der Waals surface area contributed by atoms with Gasteiger partial charge in [-0.3, -0.25) is 9.69 Å². The van der Waals surface area contributed by atoms with Crippen molar-refractivity contribution in [2.24, 2.45) is 0 Å². The number of halogens is 1. The van der Waals surface area contributed by atoms with Crippen molar-refractivity contribution in [1.29, 1.82) is 0 Å². The summed E-state index contributed by atoms with van der Waals surface area (Å²) in [7, 11) is 0. The molecule has 106 valence electrons. The maximum atomic E-state index is 13.4. The van der Waals surface area contributed by atoms with Crippen molar-refractivity contribution in [2.45, 2.75) is 39.8 Å². The number of hydrogen-bond donors (Lipinski definition) is 1. The second-order valence-electron chi connectivity index (χ2n) is 5.16. The third-order valence-electron chi connectivity index (χ3n) is 3.10. The summed E-state index contributed by atoms with van der Waals surface area (Å²) < 4.78 is 13.4. The summed E-state index contributed by atoms with van der Waals surface area (Å²) in [4.78, 5) is 14.1. The number of amides is 1. The zero-order chi connectivity index (χ0) is 14.4. The molecule has 0 aromatic heterocycles. The van der Waals surface area contributed by atoms with E-state index in [1.807, 2.05) is 0 Å². The van der Waals surface area contributed by atoms with Gasteiger partial charge in [0.25, 0.3) is 5.91 Å². The number of carbonyl (C=O) groups excluding carboxylic acids is 1. The Balaban J connectivity index is 2.49. The Kier molecular flexibility index (Phi) is 5.96. The zero-order valence-corrected chi connectivity index (χ0v) is 12.1. The normalized spacial score (nSPS) is 11.4. The van der Waals surface area contributed by atoms with E-state index in [1.54, 1.807) is 12.1 Å². The molecule has 0 radical (unpaired) electrons. The van der Waals surface area contributed by atoms with Crippen LogP contribution in [-0.4, -0.2) is 36.0 Å². The van der Waals surface area contributed by atoms with E-state index < -0.39 is 5.82 Å². The number of hydrogen-bond acceptors (Lipinski definition) is 2. The minimum Gasteiger partial charge on any atom is -0.351 e. The summed E-state index contributed by atoms with van der Waals surface area (Å²) in [5.41, 5.74) is 0.100. The average molecular weight is 266 g/mol. The Bertz CT molecular complexity index is 410. The fourth-order valence-corrected chi connectivity index (χ4v) is 2.15. The molecule has 0 heterocycles. The summed E-state index contributed by atoms with van der Waals surface area (Å²) in [6, 6.07) is 6.87. The van der Waals surface area contributed by atoms with Crippen molar-refractivity contribution in [2.75, 3.05) is 13.1 Å². The summed E-state index contributed by atoms with van der Waals surface area (Å²) >= 11 is 0. The molecular weight excluding hydrogens is 243 g/mol. The maximum absolute atomic E-state index is 13.4. The van der Waals surface area contributed by atoms with E-state index in [4.69, 9.17) is 0 Å². The molecule has 1 aromatic carbocycles. The first-order valence-corrected chi connectivity index (χ1v) is 6.72. The van der Waals surface area contributed by atoms with E-state index in [1.165, 1.54) is 12.1 Å². The van der Waals surface area contributed by atoms with Crippen molar-refractivity contribution < 1.29 is 9.18 Å². The Hall–Kier alpha value is -1.42. The molecule has 3 nitrogen and oxygen atoms in total. The monoisotopic (exact) mass is 266 g/mol. The molecule has 0 saturated heterocycles. The van der Waals surface area contributed by atoms with Crippen LogP contribution in [0.5, 0.6) is 0 Å². The predicted octanol–water partition coefficient (Wildman–Crippen LogP) is 2.67. The molecule has 1 N–H and O–H groups in total. The smallest absolute Gasteiger partial charge is 0.254 e.